The maximum atomic E-state index is 10.6. The third-order valence-electron chi connectivity index (χ3n) is 5.95. The quantitative estimate of drug-likeness (QED) is 0.806. The number of nitrogens with zero attached hydrogens (tertiary/aromatic N) is 1. The van der Waals surface area contributed by atoms with E-state index in [0.29, 0.717) is 18.0 Å². The summed E-state index contributed by atoms with van der Waals surface area (Å²) < 4.78 is 0. The van der Waals surface area contributed by atoms with Crippen LogP contribution in [-0.4, -0.2) is 45.9 Å². The van der Waals surface area contributed by atoms with Gasteiger partial charge in [0.15, 0.2) is 0 Å². The second-order valence-electron chi connectivity index (χ2n) is 7.79. The zero-order chi connectivity index (χ0) is 13.6. The van der Waals surface area contributed by atoms with Crippen molar-refractivity contribution >= 4 is 0 Å². The predicted molar refractivity (Wildman–Crippen MR) is 75.9 cm³/mol. The minimum atomic E-state index is -0.160. The van der Waals surface area contributed by atoms with E-state index in [1.165, 1.54) is 25.7 Å². The van der Waals surface area contributed by atoms with Gasteiger partial charge in [-0.25, -0.2) is 0 Å². The first kappa shape index (κ1) is 13.8. The monoisotopic (exact) mass is 267 g/mol. The van der Waals surface area contributed by atoms with Crippen LogP contribution in [0.5, 0.6) is 0 Å². The van der Waals surface area contributed by atoms with Gasteiger partial charge in [-0.15, -0.1) is 0 Å². The second kappa shape index (κ2) is 5.01. The van der Waals surface area contributed by atoms with Crippen LogP contribution in [0.4, 0.5) is 0 Å². The second-order valence-corrected chi connectivity index (χ2v) is 7.79. The molecule has 0 aromatic rings. The first-order valence-electron chi connectivity index (χ1n) is 8.09. The summed E-state index contributed by atoms with van der Waals surface area (Å²) in [4.78, 5) is 2.61. The molecule has 0 aromatic carbocycles. The molecule has 3 heteroatoms. The molecule has 2 bridgehead atoms. The van der Waals surface area contributed by atoms with Crippen molar-refractivity contribution in [1.29, 1.82) is 0 Å². The molecule has 110 valence electrons. The van der Waals surface area contributed by atoms with Gasteiger partial charge in [-0.2, -0.15) is 0 Å². The summed E-state index contributed by atoms with van der Waals surface area (Å²) >= 11 is 0. The van der Waals surface area contributed by atoms with Gasteiger partial charge in [-0.1, -0.05) is 20.3 Å². The molecular formula is C16H29NO2. The van der Waals surface area contributed by atoms with Gasteiger partial charge < -0.3 is 10.2 Å². The van der Waals surface area contributed by atoms with E-state index >= 15 is 0 Å². The number of hydrogen-bond acceptors (Lipinski definition) is 3. The van der Waals surface area contributed by atoms with Gasteiger partial charge >= 0.3 is 0 Å². The molecule has 3 nitrogen and oxygen atoms in total. The topological polar surface area (TPSA) is 43.7 Å². The highest BCUT2D eigenvalue weighted by Gasteiger charge is 2.44. The van der Waals surface area contributed by atoms with Crippen LogP contribution < -0.4 is 0 Å². The van der Waals surface area contributed by atoms with Crippen molar-refractivity contribution in [1.82, 2.24) is 4.90 Å². The molecule has 2 aliphatic heterocycles. The normalized spacial score (nSPS) is 46.4. The van der Waals surface area contributed by atoms with Crippen molar-refractivity contribution in [2.24, 2.45) is 11.3 Å². The van der Waals surface area contributed by atoms with E-state index in [0.717, 1.165) is 25.8 Å². The van der Waals surface area contributed by atoms with Crippen LogP contribution in [0.1, 0.15) is 58.8 Å². The van der Waals surface area contributed by atoms with Crippen molar-refractivity contribution in [3.05, 3.63) is 0 Å². The van der Waals surface area contributed by atoms with Gasteiger partial charge in [0, 0.05) is 18.6 Å². The molecule has 3 aliphatic rings. The van der Waals surface area contributed by atoms with Crippen molar-refractivity contribution in [2.45, 2.75) is 83.1 Å². The number of fused-ring (bicyclic) bond motifs is 2. The number of aliphatic hydroxyl groups excluding tert-OH is 2. The van der Waals surface area contributed by atoms with Crippen molar-refractivity contribution in [2.75, 3.05) is 6.54 Å². The Bertz CT molecular complexity index is 317. The lowest BCUT2D eigenvalue weighted by atomic mass is 9.69. The Morgan fingerprint density at radius 3 is 2.32 bits per heavy atom. The van der Waals surface area contributed by atoms with Crippen LogP contribution in [-0.2, 0) is 0 Å². The minimum absolute atomic E-state index is 0.0806. The van der Waals surface area contributed by atoms with E-state index in [4.69, 9.17) is 0 Å². The maximum absolute atomic E-state index is 10.6. The van der Waals surface area contributed by atoms with E-state index in [1.54, 1.807) is 0 Å². The van der Waals surface area contributed by atoms with Crippen molar-refractivity contribution < 1.29 is 10.2 Å². The zero-order valence-electron chi connectivity index (χ0n) is 12.4. The Morgan fingerprint density at radius 1 is 1.05 bits per heavy atom. The van der Waals surface area contributed by atoms with Crippen LogP contribution in [0.2, 0.25) is 0 Å². The first-order valence-corrected chi connectivity index (χ1v) is 8.09. The smallest absolute Gasteiger partial charge is 0.0631 e. The average Bonchev–Trinajstić information content (AvgIpc) is 2.58. The average molecular weight is 267 g/mol. The summed E-state index contributed by atoms with van der Waals surface area (Å²) in [6.07, 6.45) is 7.71. The third-order valence-corrected chi connectivity index (χ3v) is 5.95. The number of rotatable bonds is 2. The first-order chi connectivity index (χ1) is 8.97. The van der Waals surface area contributed by atoms with Crippen LogP contribution in [0, 0.1) is 11.3 Å². The van der Waals surface area contributed by atoms with Crippen LogP contribution in [0.15, 0.2) is 0 Å². The summed E-state index contributed by atoms with van der Waals surface area (Å²) in [5, 5.41) is 20.5. The van der Waals surface area contributed by atoms with Gasteiger partial charge in [0.05, 0.1) is 12.2 Å². The molecule has 2 heterocycles. The van der Waals surface area contributed by atoms with E-state index in [1.807, 2.05) is 0 Å². The Hall–Kier alpha value is -0.120. The Labute approximate surface area is 117 Å². The maximum Gasteiger partial charge on any atom is 0.0631 e. The highest BCUT2D eigenvalue weighted by molar-refractivity contribution is 4.98. The largest absolute Gasteiger partial charge is 0.393 e. The molecule has 3 fully saturated rings. The number of piperidine rings is 1. The van der Waals surface area contributed by atoms with Crippen molar-refractivity contribution in [3.8, 4) is 0 Å². The molecule has 3 rings (SSSR count). The molecule has 2 N–H and O–H groups in total. The molecule has 0 aromatic heterocycles. The summed E-state index contributed by atoms with van der Waals surface area (Å²) in [6, 6.07) is 1.15. The molecule has 0 spiro atoms. The Balaban J connectivity index is 1.65. The summed E-state index contributed by atoms with van der Waals surface area (Å²) in [5.74, 6) is 0.432. The van der Waals surface area contributed by atoms with E-state index in [9.17, 15) is 10.2 Å². The SMILES string of the molecule is CC1(C)CCCC(CN2C3CCC2CC(O)C3)C1O. The fourth-order valence-corrected chi connectivity index (χ4v) is 4.77. The van der Waals surface area contributed by atoms with Gasteiger partial charge in [-0.3, -0.25) is 4.90 Å². The summed E-state index contributed by atoms with van der Waals surface area (Å²) in [6.45, 7) is 5.46. The fourth-order valence-electron chi connectivity index (χ4n) is 4.77. The van der Waals surface area contributed by atoms with E-state index in [-0.39, 0.29) is 17.6 Å². The van der Waals surface area contributed by atoms with E-state index < -0.39 is 0 Å². The van der Waals surface area contributed by atoms with Crippen LogP contribution in [0.3, 0.4) is 0 Å². The Kier molecular flexibility index (Phi) is 3.65. The van der Waals surface area contributed by atoms with Gasteiger partial charge in [0.25, 0.3) is 0 Å². The molecule has 19 heavy (non-hydrogen) atoms. The zero-order valence-corrected chi connectivity index (χ0v) is 12.4. The third kappa shape index (κ3) is 2.57. The molecule has 0 radical (unpaired) electrons. The Morgan fingerprint density at radius 2 is 1.68 bits per heavy atom. The van der Waals surface area contributed by atoms with Crippen LogP contribution >= 0.6 is 0 Å². The molecule has 4 atom stereocenters. The molecule has 4 unspecified atom stereocenters. The molecule has 0 amide bonds. The minimum Gasteiger partial charge on any atom is -0.393 e. The summed E-state index contributed by atoms with van der Waals surface area (Å²) in [7, 11) is 0. The molecular weight excluding hydrogens is 238 g/mol. The number of aliphatic hydroxyl groups is 2. The van der Waals surface area contributed by atoms with E-state index in [2.05, 4.69) is 18.7 Å². The number of hydrogen-bond donors (Lipinski definition) is 2. The summed E-state index contributed by atoms with van der Waals surface area (Å²) in [5.41, 5.74) is 0.0806. The van der Waals surface area contributed by atoms with Crippen LogP contribution in [0.25, 0.3) is 0 Å². The molecule has 2 saturated heterocycles. The highest BCUT2D eigenvalue weighted by Crippen LogP contribution is 2.42. The molecule has 1 saturated carbocycles. The predicted octanol–water partition coefficient (Wildman–Crippen LogP) is 2.16. The lowest BCUT2D eigenvalue weighted by Crippen LogP contribution is -2.51. The standard InChI is InChI=1S/C16H29NO2/c1-16(2)7-3-4-11(15(16)19)10-17-12-5-6-13(17)9-14(18)8-12/h11-15,18-19H,3-10H2,1-2H3. The van der Waals surface area contributed by atoms with Gasteiger partial charge in [0.2, 0.25) is 0 Å². The lowest BCUT2D eigenvalue weighted by molar-refractivity contribution is -0.0577. The fraction of sp³-hybridized carbons (Fsp3) is 1.00. The van der Waals surface area contributed by atoms with Gasteiger partial charge in [0.1, 0.15) is 0 Å². The lowest BCUT2D eigenvalue weighted by Gasteiger charge is -2.45. The molecule has 1 aliphatic carbocycles. The van der Waals surface area contributed by atoms with Crippen molar-refractivity contribution in [3.63, 3.8) is 0 Å². The van der Waals surface area contributed by atoms with Gasteiger partial charge in [-0.05, 0) is 49.9 Å². The highest BCUT2D eigenvalue weighted by atomic mass is 16.3.